The maximum Gasteiger partial charge on any atom is 0.341 e. The van der Waals surface area contributed by atoms with Crippen molar-refractivity contribution in [3.8, 4) is 0 Å². The molecule has 1 aliphatic rings. The second-order valence-electron chi connectivity index (χ2n) is 7.43. The number of benzene rings is 2. The molecule has 4 nitrogen and oxygen atoms in total. The lowest BCUT2D eigenvalue weighted by Gasteiger charge is -2.20. The molecule has 0 radical (unpaired) electrons. The molecule has 1 aliphatic carbocycles. The van der Waals surface area contributed by atoms with E-state index >= 15 is 0 Å². The van der Waals surface area contributed by atoms with Gasteiger partial charge in [-0.15, -0.1) is 11.3 Å². The van der Waals surface area contributed by atoms with Crippen LogP contribution >= 0.6 is 11.3 Å². The molecular weight excluding hydrogens is 382 g/mol. The van der Waals surface area contributed by atoms with Crippen LogP contribution in [-0.2, 0) is 17.6 Å². The van der Waals surface area contributed by atoms with Gasteiger partial charge in [-0.1, -0.05) is 49.7 Å². The molecule has 0 bridgehead atoms. The van der Waals surface area contributed by atoms with Crippen molar-refractivity contribution in [2.75, 3.05) is 11.9 Å². The quantitative estimate of drug-likeness (QED) is 0.540. The predicted octanol–water partition coefficient (Wildman–Crippen LogP) is 5.85. The maximum atomic E-state index is 13.1. The Balaban J connectivity index is 1.71. The summed E-state index contributed by atoms with van der Waals surface area (Å²) in [6.07, 6.45) is 4.03. The monoisotopic (exact) mass is 407 g/mol. The van der Waals surface area contributed by atoms with Gasteiger partial charge in [-0.25, -0.2) is 4.79 Å². The Kier molecular flexibility index (Phi) is 5.67. The van der Waals surface area contributed by atoms with E-state index in [2.05, 4.69) is 12.2 Å². The first-order valence-electron chi connectivity index (χ1n) is 10.2. The van der Waals surface area contributed by atoms with Gasteiger partial charge < -0.3 is 10.1 Å². The van der Waals surface area contributed by atoms with Gasteiger partial charge in [0.05, 0.1) is 12.2 Å². The van der Waals surface area contributed by atoms with Gasteiger partial charge in [0, 0.05) is 10.4 Å². The van der Waals surface area contributed by atoms with Crippen LogP contribution in [0.4, 0.5) is 5.00 Å². The number of fused-ring (bicyclic) bond motifs is 2. The fourth-order valence-electron chi connectivity index (χ4n) is 4.10. The van der Waals surface area contributed by atoms with Gasteiger partial charge in [-0.2, -0.15) is 0 Å². The third kappa shape index (κ3) is 3.79. The molecule has 0 aliphatic heterocycles. The highest BCUT2D eigenvalue weighted by atomic mass is 32.1. The summed E-state index contributed by atoms with van der Waals surface area (Å²) in [6, 6.07) is 13.5. The zero-order chi connectivity index (χ0) is 20.4. The van der Waals surface area contributed by atoms with Crippen molar-refractivity contribution in [1.82, 2.24) is 0 Å². The number of nitrogens with one attached hydrogen (secondary N) is 1. The Hall–Kier alpha value is -2.66. The Bertz CT molecular complexity index is 1060. The molecular formula is C24H25NO3S. The molecule has 2 aromatic carbocycles. The summed E-state index contributed by atoms with van der Waals surface area (Å²) in [5.74, 6) is 0.101. The number of hydrogen-bond acceptors (Lipinski definition) is 4. The average Bonchev–Trinajstić information content (AvgIpc) is 3.10. The molecule has 1 amide bonds. The van der Waals surface area contributed by atoms with Crippen molar-refractivity contribution >= 4 is 39.0 Å². The maximum absolute atomic E-state index is 13.1. The molecule has 3 aromatic rings. The largest absolute Gasteiger partial charge is 0.462 e. The minimum absolute atomic E-state index is 0.196. The van der Waals surface area contributed by atoms with E-state index in [-0.39, 0.29) is 11.9 Å². The lowest BCUT2D eigenvalue weighted by atomic mass is 9.85. The van der Waals surface area contributed by atoms with Gasteiger partial charge in [0.2, 0.25) is 0 Å². The summed E-state index contributed by atoms with van der Waals surface area (Å²) in [4.78, 5) is 27.1. The number of rotatable bonds is 5. The molecule has 5 heteroatoms. The van der Waals surface area contributed by atoms with Crippen LogP contribution in [0.25, 0.3) is 10.8 Å². The average molecular weight is 408 g/mol. The molecule has 150 valence electrons. The number of anilines is 1. The molecule has 0 saturated heterocycles. The van der Waals surface area contributed by atoms with Crippen molar-refractivity contribution in [1.29, 1.82) is 0 Å². The van der Waals surface area contributed by atoms with Crippen LogP contribution in [-0.4, -0.2) is 18.5 Å². The predicted molar refractivity (Wildman–Crippen MR) is 118 cm³/mol. The van der Waals surface area contributed by atoms with E-state index < -0.39 is 0 Å². The molecule has 29 heavy (non-hydrogen) atoms. The van der Waals surface area contributed by atoms with Crippen LogP contribution in [0.1, 0.15) is 57.8 Å². The topological polar surface area (TPSA) is 55.4 Å². The van der Waals surface area contributed by atoms with Crippen LogP contribution in [0.2, 0.25) is 0 Å². The van der Waals surface area contributed by atoms with Crippen LogP contribution in [0.5, 0.6) is 0 Å². The van der Waals surface area contributed by atoms with E-state index in [1.807, 2.05) is 42.5 Å². The van der Waals surface area contributed by atoms with Crippen LogP contribution in [0.3, 0.4) is 0 Å². The highest BCUT2D eigenvalue weighted by Gasteiger charge is 2.30. The molecule has 0 saturated carbocycles. The number of thiophene rings is 1. The zero-order valence-electron chi connectivity index (χ0n) is 16.8. The lowest BCUT2D eigenvalue weighted by molar-refractivity contribution is 0.0526. The van der Waals surface area contributed by atoms with Gasteiger partial charge in [0.15, 0.2) is 0 Å². The highest BCUT2D eigenvalue weighted by Crippen LogP contribution is 2.41. The molecule has 1 N–H and O–H groups in total. The third-order valence-corrected chi connectivity index (χ3v) is 6.86. The fraction of sp³-hybridized carbons (Fsp3) is 0.333. The molecule has 1 heterocycles. The number of hydrogen-bond donors (Lipinski definition) is 1. The molecule has 0 fully saturated rings. The van der Waals surface area contributed by atoms with Crippen LogP contribution in [0.15, 0.2) is 42.5 Å². The first-order valence-corrected chi connectivity index (χ1v) is 11.0. The highest BCUT2D eigenvalue weighted by molar-refractivity contribution is 7.17. The van der Waals surface area contributed by atoms with Crippen LogP contribution in [0, 0.1) is 5.92 Å². The lowest BCUT2D eigenvalue weighted by Crippen LogP contribution is -2.17. The van der Waals surface area contributed by atoms with Gasteiger partial charge in [-0.05, 0) is 54.5 Å². The number of ether oxygens (including phenoxy) is 1. The molecule has 1 aromatic heterocycles. The summed E-state index contributed by atoms with van der Waals surface area (Å²) in [6.45, 7) is 4.33. The molecule has 4 rings (SSSR count). The summed E-state index contributed by atoms with van der Waals surface area (Å²) in [7, 11) is 0. The Morgan fingerprint density at radius 1 is 1.14 bits per heavy atom. The van der Waals surface area contributed by atoms with Gasteiger partial charge in [-0.3, -0.25) is 4.79 Å². The second kappa shape index (κ2) is 8.37. The SMILES string of the molecule is CCOC(=O)c1c(NC(=O)c2cccc3ccccc23)sc2c1CCC(CC)C2. The number of carbonyl (C=O) groups excluding carboxylic acids is 2. The van der Waals surface area contributed by atoms with Gasteiger partial charge >= 0.3 is 5.97 Å². The first kappa shape index (κ1) is 19.6. The Labute approximate surface area is 174 Å². The first-order chi connectivity index (χ1) is 14.1. The summed E-state index contributed by atoms with van der Waals surface area (Å²) < 4.78 is 5.32. The van der Waals surface area contributed by atoms with E-state index in [1.54, 1.807) is 6.92 Å². The minimum Gasteiger partial charge on any atom is -0.462 e. The summed E-state index contributed by atoms with van der Waals surface area (Å²) >= 11 is 1.53. The molecule has 1 unspecified atom stereocenters. The van der Waals surface area contributed by atoms with Gasteiger partial charge in [0.25, 0.3) is 5.91 Å². The van der Waals surface area contributed by atoms with Crippen molar-refractivity contribution in [3.05, 3.63) is 64.0 Å². The van der Waals surface area contributed by atoms with Crippen molar-refractivity contribution in [3.63, 3.8) is 0 Å². The normalized spacial score (nSPS) is 15.7. The molecule has 0 spiro atoms. The van der Waals surface area contributed by atoms with E-state index in [0.717, 1.165) is 42.0 Å². The zero-order valence-corrected chi connectivity index (χ0v) is 17.6. The fourth-order valence-corrected chi connectivity index (χ4v) is 5.45. The van der Waals surface area contributed by atoms with Crippen molar-refractivity contribution in [2.24, 2.45) is 5.92 Å². The second-order valence-corrected chi connectivity index (χ2v) is 8.53. The standard InChI is InChI=1S/C24H25NO3S/c1-3-15-12-13-19-20(14-15)29-23(21(19)24(27)28-4-2)25-22(26)18-11-7-9-16-8-5-6-10-17(16)18/h5-11,15H,3-4,12-14H2,1-2H3,(H,25,26). The summed E-state index contributed by atoms with van der Waals surface area (Å²) in [5, 5.41) is 5.56. The third-order valence-electron chi connectivity index (χ3n) is 5.69. The van der Waals surface area contributed by atoms with Crippen molar-refractivity contribution in [2.45, 2.75) is 39.5 Å². The van der Waals surface area contributed by atoms with E-state index in [4.69, 9.17) is 4.74 Å². The molecule has 1 atom stereocenters. The number of carbonyl (C=O) groups is 2. The van der Waals surface area contributed by atoms with Crippen molar-refractivity contribution < 1.29 is 14.3 Å². The number of esters is 1. The van der Waals surface area contributed by atoms with E-state index in [0.29, 0.717) is 28.7 Å². The summed E-state index contributed by atoms with van der Waals surface area (Å²) in [5.41, 5.74) is 2.22. The van der Waals surface area contributed by atoms with E-state index in [1.165, 1.54) is 16.2 Å². The van der Waals surface area contributed by atoms with Gasteiger partial charge in [0.1, 0.15) is 5.00 Å². The number of amides is 1. The Morgan fingerprint density at radius 3 is 2.72 bits per heavy atom. The van der Waals surface area contributed by atoms with Crippen LogP contribution < -0.4 is 5.32 Å². The van der Waals surface area contributed by atoms with E-state index in [9.17, 15) is 9.59 Å². The smallest absolute Gasteiger partial charge is 0.341 e. The Morgan fingerprint density at radius 2 is 1.93 bits per heavy atom. The minimum atomic E-state index is -0.340.